The monoisotopic (exact) mass is 250 g/mol. The van der Waals surface area contributed by atoms with Crippen LogP contribution in [-0.4, -0.2) is 37.4 Å². The summed E-state index contributed by atoms with van der Waals surface area (Å²) in [6.45, 7) is 7.29. The van der Waals surface area contributed by atoms with Crippen LogP contribution in [0, 0.1) is 0 Å². The molecule has 0 saturated carbocycles. The van der Waals surface area contributed by atoms with Gasteiger partial charge in [0.1, 0.15) is 0 Å². The maximum atomic E-state index is 11.5. The fraction of sp³-hybridized carbons (Fsp3) is 0.900. The van der Waals surface area contributed by atoms with Gasteiger partial charge in [0.25, 0.3) is 0 Å². The standard InChI is InChI=1S/C10H22N2O3S/c1-8(2)16(14,15)6-5-12-10(3,4)7-9(11)13/h8,12H,5-7H2,1-4H3,(H2,11,13). The van der Waals surface area contributed by atoms with E-state index in [1.54, 1.807) is 13.8 Å². The maximum Gasteiger partial charge on any atom is 0.219 e. The highest BCUT2D eigenvalue weighted by atomic mass is 32.2. The van der Waals surface area contributed by atoms with Crippen molar-refractivity contribution in [1.29, 1.82) is 0 Å². The molecule has 16 heavy (non-hydrogen) atoms. The Kier molecular flexibility index (Phi) is 5.41. The van der Waals surface area contributed by atoms with Crippen LogP contribution in [0.4, 0.5) is 0 Å². The molecule has 96 valence electrons. The molecule has 3 N–H and O–H groups in total. The van der Waals surface area contributed by atoms with E-state index in [0.29, 0.717) is 6.54 Å². The fourth-order valence-electron chi connectivity index (χ4n) is 1.27. The van der Waals surface area contributed by atoms with Crippen LogP contribution in [0.2, 0.25) is 0 Å². The molecule has 0 rings (SSSR count). The van der Waals surface area contributed by atoms with Crippen molar-refractivity contribution >= 4 is 15.7 Å². The van der Waals surface area contributed by atoms with Crippen molar-refractivity contribution in [2.75, 3.05) is 12.3 Å². The lowest BCUT2D eigenvalue weighted by Crippen LogP contribution is -2.45. The Morgan fingerprint density at radius 2 is 1.88 bits per heavy atom. The average Bonchev–Trinajstić information content (AvgIpc) is 1.99. The largest absolute Gasteiger partial charge is 0.370 e. The summed E-state index contributed by atoms with van der Waals surface area (Å²) < 4.78 is 23.0. The molecule has 0 spiro atoms. The number of nitrogens with two attached hydrogens (primary N) is 1. The molecule has 0 aliphatic carbocycles. The van der Waals surface area contributed by atoms with Gasteiger partial charge in [0.2, 0.25) is 5.91 Å². The summed E-state index contributed by atoms with van der Waals surface area (Å²) in [7, 11) is -3.03. The van der Waals surface area contributed by atoms with Crippen molar-refractivity contribution < 1.29 is 13.2 Å². The van der Waals surface area contributed by atoms with Gasteiger partial charge in [-0.25, -0.2) is 8.42 Å². The number of rotatable bonds is 7. The summed E-state index contributed by atoms with van der Waals surface area (Å²) in [6.07, 6.45) is 0.189. The molecule has 0 aromatic rings. The Hall–Kier alpha value is -0.620. The normalized spacial score (nSPS) is 13.1. The van der Waals surface area contributed by atoms with Crippen molar-refractivity contribution in [1.82, 2.24) is 5.32 Å². The lowest BCUT2D eigenvalue weighted by Gasteiger charge is -2.24. The lowest BCUT2D eigenvalue weighted by molar-refractivity contribution is -0.119. The molecule has 0 unspecified atom stereocenters. The van der Waals surface area contributed by atoms with E-state index in [9.17, 15) is 13.2 Å². The fourth-order valence-corrected chi connectivity index (χ4v) is 2.12. The Morgan fingerprint density at radius 1 is 1.38 bits per heavy atom. The second-order valence-corrected chi connectivity index (χ2v) is 7.55. The summed E-state index contributed by atoms with van der Waals surface area (Å²) in [5, 5.41) is 2.65. The van der Waals surface area contributed by atoms with Gasteiger partial charge < -0.3 is 11.1 Å². The van der Waals surface area contributed by atoms with Gasteiger partial charge in [-0.15, -0.1) is 0 Å². The molecule has 1 amide bonds. The van der Waals surface area contributed by atoms with Crippen molar-refractivity contribution in [3.8, 4) is 0 Å². The first-order chi connectivity index (χ1) is 7.07. The first-order valence-electron chi connectivity index (χ1n) is 5.32. The van der Waals surface area contributed by atoms with Gasteiger partial charge in [-0.05, 0) is 27.7 Å². The van der Waals surface area contributed by atoms with E-state index in [1.165, 1.54) is 0 Å². The van der Waals surface area contributed by atoms with E-state index in [1.807, 2.05) is 13.8 Å². The van der Waals surface area contributed by atoms with Crippen LogP contribution in [0.15, 0.2) is 0 Å². The van der Waals surface area contributed by atoms with Crippen molar-refractivity contribution in [3.05, 3.63) is 0 Å². The van der Waals surface area contributed by atoms with Gasteiger partial charge >= 0.3 is 0 Å². The smallest absolute Gasteiger partial charge is 0.219 e. The molecule has 0 aromatic heterocycles. The first-order valence-corrected chi connectivity index (χ1v) is 7.03. The summed E-state index contributed by atoms with van der Waals surface area (Å²) in [4.78, 5) is 10.7. The molecule has 0 aliphatic heterocycles. The quantitative estimate of drug-likeness (QED) is 0.668. The molecule has 0 heterocycles. The highest BCUT2D eigenvalue weighted by molar-refractivity contribution is 7.92. The zero-order valence-corrected chi connectivity index (χ0v) is 11.2. The van der Waals surface area contributed by atoms with E-state index in [2.05, 4.69) is 5.32 Å². The maximum absolute atomic E-state index is 11.5. The van der Waals surface area contributed by atoms with Crippen LogP contribution < -0.4 is 11.1 Å². The number of nitrogens with one attached hydrogen (secondary N) is 1. The average molecular weight is 250 g/mol. The van der Waals surface area contributed by atoms with Crippen LogP contribution >= 0.6 is 0 Å². The molecular formula is C10H22N2O3S. The number of carbonyl (C=O) groups excluding carboxylic acids is 1. The number of primary amides is 1. The molecule has 6 heteroatoms. The number of sulfone groups is 1. The van der Waals surface area contributed by atoms with E-state index < -0.39 is 21.3 Å². The third-order valence-electron chi connectivity index (χ3n) is 2.32. The van der Waals surface area contributed by atoms with Crippen LogP contribution in [0.3, 0.4) is 0 Å². The van der Waals surface area contributed by atoms with Crippen LogP contribution in [0.25, 0.3) is 0 Å². The van der Waals surface area contributed by atoms with Gasteiger partial charge in [0.15, 0.2) is 9.84 Å². The second kappa shape index (κ2) is 5.63. The van der Waals surface area contributed by atoms with Crippen LogP contribution in [-0.2, 0) is 14.6 Å². The Morgan fingerprint density at radius 3 is 2.25 bits per heavy atom. The zero-order valence-electron chi connectivity index (χ0n) is 10.4. The molecule has 0 aromatic carbocycles. The molecule has 0 bridgehead atoms. The number of amides is 1. The van der Waals surface area contributed by atoms with Crippen molar-refractivity contribution in [3.63, 3.8) is 0 Å². The Balaban J connectivity index is 4.13. The molecule has 0 radical (unpaired) electrons. The number of hydrogen-bond acceptors (Lipinski definition) is 4. The minimum atomic E-state index is -3.03. The molecule has 0 saturated heterocycles. The van der Waals surface area contributed by atoms with E-state index >= 15 is 0 Å². The summed E-state index contributed by atoms with van der Waals surface area (Å²) >= 11 is 0. The molecule has 5 nitrogen and oxygen atoms in total. The first kappa shape index (κ1) is 15.4. The van der Waals surface area contributed by atoms with Gasteiger partial charge in [-0.3, -0.25) is 4.79 Å². The Labute approximate surface area is 97.7 Å². The second-order valence-electron chi connectivity index (χ2n) is 4.87. The molecule has 0 aliphatic rings. The summed E-state index contributed by atoms with van der Waals surface area (Å²) in [5.74, 6) is -0.323. The molecule has 0 fully saturated rings. The summed E-state index contributed by atoms with van der Waals surface area (Å²) in [6, 6.07) is 0. The Bertz CT molecular complexity index is 334. The van der Waals surface area contributed by atoms with E-state index in [-0.39, 0.29) is 17.4 Å². The minimum Gasteiger partial charge on any atom is -0.370 e. The lowest BCUT2D eigenvalue weighted by atomic mass is 10.0. The topological polar surface area (TPSA) is 89.3 Å². The predicted molar refractivity (Wildman–Crippen MR) is 64.8 cm³/mol. The third kappa shape index (κ3) is 6.07. The SMILES string of the molecule is CC(C)S(=O)(=O)CCNC(C)(C)CC(N)=O. The van der Waals surface area contributed by atoms with Gasteiger partial charge in [-0.1, -0.05) is 0 Å². The molecule has 0 atom stereocenters. The van der Waals surface area contributed by atoms with Gasteiger partial charge in [0.05, 0.1) is 11.0 Å². The zero-order chi connectivity index (χ0) is 13.0. The predicted octanol–water partition coefficient (Wildman–Crippen LogP) is 0.0532. The summed E-state index contributed by atoms with van der Waals surface area (Å²) in [5.41, 5.74) is 4.63. The van der Waals surface area contributed by atoms with E-state index in [4.69, 9.17) is 5.73 Å². The minimum absolute atomic E-state index is 0.0762. The van der Waals surface area contributed by atoms with Crippen LogP contribution in [0.5, 0.6) is 0 Å². The highest BCUT2D eigenvalue weighted by Gasteiger charge is 2.21. The van der Waals surface area contributed by atoms with E-state index in [0.717, 1.165) is 0 Å². The molecular weight excluding hydrogens is 228 g/mol. The van der Waals surface area contributed by atoms with Crippen molar-refractivity contribution in [2.24, 2.45) is 5.73 Å². The number of hydrogen-bond donors (Lipinski definition) is 2. The third-order valence-corrected chi connectivity index (χ3v) is 4.53. The van der Waals surface area contributed by atoms with Gasteiger partial charge in [0, 0.05) is 18.5 Å². The van der Waals surface area contributed by atoms with Gasteiger partial charge in [-0.2, -0.15) is 0 Å². The highest BCUT2D eigenvalue weighted by Crippen LogP contribution is 2.07. The number of carbonyl (C=O) groups is 1. The van der Waals surface area contributed by atoms with Crippen molar-refractivity contribution in [2.45, 2.75) is 44.9 Å². The van der Waals surface area contributed by atoms with Crippen LogP contribution in [0.1, 0.15) is 34.1 Å².